The van der Waals surface area contributed by atoms with Gasteiger partial charge in [-0.2, -0.15) is 0 Å². The molecule has 0 aliphatic heterocycles. The van der Waals surface area contributed by atoms with Crippen molar-refractivity contribution in [3.63, 3.8) is 0 Å². The molecule has 166 valence electrons. The van der Waals surface area contributed by atoms with Crippen molar-refractivity contribution in [2.45, 2.75) is 26.7 Å². The molecule has 4 nitrogen and oxygen atoms in total. The van der Waals surface area contributed by atoms with Gasteiger partial charge in [0, 0.05) is 10.9 Å². The Morgan fingerprint density at radius 2 is 1.85 bits per heavy atom. The predicted molar refractivity (Wildman–Crippen MR) is 133 cm³/mol. The number of hydrogen-bond donors (Lipinski definition) is 1. The molecule has 0 atom stereocenters. The number of hydrogen-bond acceptors (Lipinski definition) is 3. The number of carboxylic acid groups (broad SMARTS) is 1. The minimum absolute atomic E-state index is 0.126. The lowest BCUT2D eigenvalue weighted by atomic mass is 9.72. The number of aromatic nitrogens is 1. The molecule has 33 heavy (non-hydrogen) atoms. The van der Waals surface area contributed by atoms with Crippen molar-refractivity contribution in [2.24, 2.45) is 5.41 Å². The zero-order valence-electron chi connectivity index (χ0n) is 18.2. The molecule has 0 bridgehead atoms. The van der Waals surface area contributed by atoms with Crippen LogP contribution in [-0.2, 0) is 6.42 Å². The van der Waals surface area contributed by atoms with Crippen LogP contribution in [0.3, 0.4) is 0 Å². The van der Waals surface area contributed by atoms with Gasteiger partial charge in [-0.05, 0) is 65.8 Å². The summed E-state index contributed by atoms with van der Waals surface area (Å²) < 4.78 is 6.09. The Morgan fingerprint density at radius 3 is 2.64 bits per heavy atom. The van der Waals surface area contributed by atoms with E-state index in [4.69, 9.17) is 32.6 Å². The summed E-state index contributed by atoms with van der Waals surface area (Å²) in [5.74, 6) is 0.326. The van der Waals surface area contributed by atoms with Gasteiger partial charge in [-0.15, -0.1) is 0 Å². The van der Waals surface area contributed by atoms with Crippen molar-refractivity contribution in [3.05, 3.63) is 87.2 Å². The first-order valence-corrected chi connectivity index (χ1v) is 11.4. The van der Waals surface area contributed by atoms with Crippen LogP contribution in [0.25, 0.3) is 33.9 Å². The number of halogens is 2. The van der Waals surface area contributed by atoms with E-state index < -0.39 is 5.97 Å². The quantitative estimate of drug-likeness (QED) is 0.324. The number of para-hydroxylation sites is 1. The second kappa shape index (κ2) is 8.05. The van der Waals surface area contributed by atoms with Crippen LogP contribution in [0.2, 0.25) is 10.0 Å². The predicted octanol–water partition coefficient (Wildman–Crippen LogP) is 8.01. The van der Waals surface area contributed by atoms with Crippen molar-refractivity contribution in [1.29, 1.82) is 0 Å². The molecule has 4 aromatic rings. The first kappa shape index (κ1) is 21.7. The summed E-state index contributed by atoms with van der Waals surface area (Å²) in [6.07, 6.45) is 3.34. The van der Waals surface area contributed by atoms with Crippen molar-refractivity contribution in [3.8, 4) is 11.3 Å². The first-order chi connectivity index (χ1) is 15.7. The van der Waals surface area contributed by atoms with E-state index >= 15 is 0 Å². The number of benzene rings is 2. The number of fused-ring (bicyclic) bond motifs is 2. The van der Waals surface area contributed by atoms with Crippen molar-refractivity contribution < 1.29 is 14.3 Å². The summed E-state index contributed by atoms with van der Waals surface area (Å²) in [6, 6.07) is 16.5. The summed E-state index contributed by atoms with van der Waals surface area (Å²) in [5, 5.41) is 11.6. The van der Waals surface area contributed by atoms with Gasteiger partial charge < -0.3 is 9.52 Å². The monoisotopic (exact) mass is 477 g/mol. The molecule has 2 aromatic heterocycles. The Morgan fingerprint density at radius 1 is 1.06 bits per heavy atom. The smallest absolute Gasteiger partial charge is 0.336 e. The molecule has 1 N–H and O–H groups in total. The second-order valence-electron chi connectivity index (χ2n) is 9.13. The standard InChI is InChI=1S/C27H21Cl2NO3/c1-27(2)13-15(12-16-10-11-22(33-16)18-7-5-8-20(28)24(18)29)25-19(14-27)23(26(31)32)17-6-3-4-9-21(17)30-25/h3-12H,13-14H2,1-2H3,(H,31,32)/b15-12+. The lowest BCUT2D eigenvalue weighted by Gasteiger charge is -2.33. The molecule has 0 amide bonds. The van der Waals surface area contributed by atoms with Crippen LogP contribution in [-0.4, -0.2) is 16.1 Å². The third-order valence-electron chi connectivity index (χ3n) is 6.00. The normalized spacial score (nSPS) is 16.2. The molecule has 0 saturated heterocycles. The Bertz CT molecular complexity index is 1450. The Balaban J connectivity index is 1.67. The van der Waals surface area contributed by atoms with Crippen LogP contribution in [0.5, 0.6) is 0 Å². The maximum Gasteiger partial charge on any atom is 0.336 e. The molecule has 0 unspecified atom stereocenters. The van der Waals surface area contributed by atoms with Crippen LogP contribution < -0.4 is 0 Å². The van der Waals surface area contributed by atoms with E-state index in [1.165, 1.54) is 0 Å². The minimum Gasteiger partial charge on any atom is -0.478 e. The Kier molecular flexibility index (Phi) is 5.31. The van der Waals surface area contributed by atoms with E-state index in [1.807, 2.05) is 54.6 Å². The number of carboxylic acids is 1. The molecule has 6 heteroatoms. The van der Waals surface area contributed by atoms with Crippen molar-refractivity contribution >= 4 is 51.7 Å². The summed E-state index contributed by atoms with van der Waals surface area (Å²) in [4.78, 5) is 17.2. The highest BCUT2D eigenvalue weighted by Crippen LogP contribution is 2.44. The molecule has 5 rings (SSSR count). The van der Waals surface area contributed by atoms with Crippen LogP contribution in [0.1, 0.15) is 47.6 Å². The van der Waals surface area contributed by atoms with Gasteiger partial charge >= 0.3 is 5.97 Å². The number of furan rings is 1. The lowest BCUT2D eigenvalue weighted by molar-refractivity contribution is 0.0697. The molecule has 1 aliphatic carbocycles. The number of aromatic carboxylic acids is 1. The number of rotatable bonds is 3. The fourth-order valence-corrected chi connectivity index (χ4v) is 5.03. The second-order valence-corrected chi connectivity index (χ2v) is 9.91. The minimum atomic E-state index is -0.933. The first-order valence-electron chi connectivity index (χ1n) is 10.6. The molecule has 1 aliphatic rings. The van der Waals surface area contributed by atoms with E-state index in [9.17, 15) is 9.90 Å². The van der Waals surface area contributed by atoms with Gasteiger partial charge in [0.1, 0.15) is 11.5 Å². The number of pyridine rings is 1. The fraction of sp³-hybridized carbons (Fsp3) is 0.185. The van der Waals surface area contributed by atoms with Crippen molar-refractivity contribution in [1.82, 2.24) is 4.98 Å². The Labute approximate surface area is 201 Å². The van der Waals surface area contributed by atoms with E-state index in [0.29, 0.717) is 44.5 Å². The molecular formula is C27H21Cl2NO3. The summed E-state index contributed by atoms with van der Waals surface area (Å²) in [5.41, 5.74) is 4.05. The molecule has 2 heterocycles. The maximum atomic E-state index is 12.3. The molecule has 0 spiro atoms. The summed E-state index contributed by atoms with van der Waals surface area (Å²) in [6.45, 7) is 4.29. The molecule has 0 radical (unpaired) electrons. The van der Waals surface area contributed by atoms with Gasteiger partial charge in [0.2, 0.25) is 0 Å². The average molecular weight is 478 g/mol. The largest absolute Gasteiger partial charge is 0.478 e. The van der Waals surface area contributed by atoms with Gasteiger partial charge in [0.15, 0.2) is 0 Å². The summed E-state index contributed by atoms with van der Waals surface area (Å²) in [7, 11) is 0. The van der Waals surface area contributed by atoms with E-state index in [2.05, 4.69) is 13.8 Å². The number of nitrogens with zero attached hydrogens (tertiary/aromatic N) is 1. The highest BCUT2D eigenvalue weighted by Gasteiger charge is 2.34. The van der Waals surface area contributed by atoms with Crippen LogP contribution in [0.15, 0.2) is 59.0 Å². The van der Waals surface area contributed by atoms with E-state index in [0.717, 1.165) is 28.8 Å². The highest BCUT2D eigenvalue weighted by atomic mass is 35.5. The third kappa shape index (κ3) is 3.94. The SMILES string of the molecule is CC1(C)C/C(=C\c2ccc(-c3cccc(Cl)c3Cl)o2)c2nc3ccccc3c(C(=O)O)c2C1. The van der Waals surface area contributed by atoms with Crippen LogP contribution >= 0.6 is 23.2 Å². The van der Waals surface area contributed by atoms with Gasteiger partial charge in [-0.3, -0.25) is 0 Å². The zero-order chi connectivity index (χ0) is 23.3. The third-order valence-corrected chi connectivity index (χ3v) is 6.81. The van der Waals surface area contributed by atoms with Crippen molar-refractivity contribution in [2.75, 3.05) is 0 Å². The van der Waals surface area contributed by atoms with E-state index in [-0.39, 0.29) is 5.41 Å². The number of allylic oxidation sites excluding steroid dienone is 1. The zero-order valence-corrected chi connectivity index (χ0v) is 19.7. The fourth-order valence-electron chi connectivity index (χ4n) is 4.63. The van der Waals surface area contributed by atoms with Gasteiger partial charge in [-0.25, -0.2) is 9.78 Å². The summed E-state index contributed by atoms with van der Waals surface area (Å²) >= 11 is 12.5. The average Bonchev–Trinajstić information content (AvgIpc) is 3.21. The van der Waals surface area contributed by atoms with Gasteiger partial charge in [0.25, 0.3) is 0 Å². The maximum absolute atomic E-state index is 12.3. The lowest BCUT2D eigenvalue weighted by Crippen LogP contribution is -2.25. The molecule has 0 fully saturated rings. The molecule has 2 aromatic carbocycles. The van der Waals surface area contributed by atoms with Gasteiger partial charge in [-0.1, -0.05) is 61.3 Å². The highest BCUT2D eigenvalue weighted by molar-refractivity contribution is 6.43. The van der Waals surface area contributed by atoms with Crippen LogP contribution in [0, 0.1) is 5.41 Å². The topological polar surface area (TPSA) is 63.3 Å². The van der Waals surface area contributed by atoms with Gasteiger partial charge in [0.05, 0.1) is 26.8 Å². The Hall–Kier alpha value is -3.08. The molecule has 0 saturated carbocycles. The molecular weight excluding hydrogens is 457 g/mol. The van der Waals surface area contributed by atoms with Crippen LogP contribution in [0.4, 0.5) is 0 Å². The number of carbonyl (C=O) groups is 1. The van der Waals surface area contributed by atoms with E-state index in [1.54, 1.807) is 6.07 Å².